The minimum Gasteiger partial charge on any atom is -0.379 e. The summed E-state index contributed by atoms with van der Waals surface area (Å²) in [5, 5.41) is 0. The Balaban J connectivity index is 2.29. The maximum atomic E-state index is 5.89. The molecule has 0 radical (unpaired) electrons. The molecule has 0 N–H and O–H groups in total. The van der Waals surface area contributed by atoms with Gasteiger partial charge < -0.3 is 22.8 Å². The molecule has 0 aliphatic carbocycles. The van der Waals surface area contributed by atoms with Gasteiger partial charge in [0.05, 0.1) is 19.8 Å². The summed E-state index contributed by atoms with van der Waals surface area (Å²) in [6, 6.07) is 0. The monoisotopic (exact) mass is 352 g/mol. The van der Waals surface area contributed by atoms with Gasteiger partial charge in [-0.1, -0.05) is 6.92 Å². The molecule has 1 fully saturated rings. The maximum Gasteiger partial charge on any atom is 0.506 e. The van der Waals surface area contributed by atoms with Crippen LogP contribution < -0.4 is 0 Å². The molecule has 0 spiro atoms. The van der Waals surface area contributed by atoms with E-state index in [1.54, 1.807) is 0 Å². The van der Waals surface area contributed by atoms with Crippen LogP contribution in [0.5, 0.6) is 0 Å². The summed E-state index contributed by atoms with van der Waals surface area (Å²) in [7, 11) is -2.65. The van der Waals surface area contributed by atoms with E-state index in [0.717, 1.165) is 6.42 Å². The van der Waals surface area contributed by atoms with E-state index >= 15 is 0 Å². The van der Waals surface area contributed by atoms with Crippen LogP contribution in [0.3, 0.4) is 0 Å². The first-order valence-corrected chi connectivity index (χ1v) is 11.3. The van der Waals surface area contributed by atoms with Crippen molar-refractivity contribution in [2.24, 2.45) is 0 Å². The molecule has 2 atom stereocenters. The number of rotatable bonds is 13. The molecule has 1 rings (SSSR count). The highest BCUT2D eigenvalue weighted by molar-refractivity contribution is 8.00. The van der Waals surface area contributed by atoms with Crippen molar-refractivity contribution in [3.8, 4) is 0 Å². The highest BCUT2D eigenvalue weighted by Gasteiger charge is 2.46. The zero-order valence-corrected chi connectivity index (χ0v) is 16.3. The summed E-state index contributed by atoms with van der Waals surface area (Å²) in [5.41, 5.74) is 0.484. The largest absolute Gasteiger partial charge is 0.506 e. The van der Waals surface area contributed by atoms with E-state index in [-0.39, 0.29) is 5.54 Å². The van der Waals surface area contributed by atoms with Crippen molar-refractivity contribution >= 4 is 20.6 Å². The molecule has 2 unspecified atom stereocenters. The Bertz CT molecular complexity index is 260. The van der Waals surface area contributed by atoms with Gasteiger partial charge in [-0.25, -0.2) is 0 Å². The van der Waals surface area contributed by atoms with Crippen molar-refractivity contribution in [2.75, 3.05) is 45.4 Å². The van der Waals surface area contributed by atoms with E-state index in [2.05, 4.69) is 6.92 Å². The first-order chi connectivity index (χ1) is 10.7. The van der Waals surface area contributed by atoms with Crippen LogP contribution in [0.15, 0.2) is 0 Å². The SMILES string of the molecule is CCO[Si](OCC)(OCC)C(C)COCCOC1CCCS1. The second-order valence-electron chi connectivity index (χ2n) is 5.19. The van der Waals surface area contributed by atoms with Gasteiger partial charge in [-0.2, -0.15) is 0 Å². The van der Waals surface area contributed by atoms with Crippen LogP contribution in [0.25, 0.3) is 0 Å². The van der Waals surface area contributed by atoms with E-state index in [4.69, 9.17) is 22.8 Å². The fourth-order valence-corrected chi connectivity index (χ4v) is 6.19. The Morgan fingerprint density at radius 3 is 2.18 bits per heavy atom. The predicted molar refractivity (Wildman–Crippen MR) is 92.3 cm³/mol. The van der Waals surface area contributed by atoms with Gasteiger partial charge in [-0.15, -0.1) is 11.8 Å². The van der Waals surface area contributed by atoms with Gasteiger partial charge in [0.25, 0.3) is 0 Å². The Morgan fingerprint density at radius 1 is 1.05 bits per heavy atom. The fourth-order valence-electron chi connectivity index (χ4n) is 2.44. The molecule has 132 valence electrons. The lowest BCUT2D eigenvalue weighted by atomic mass is 10.4. The first-order valence-electron chi connectivity index (χ1n) is 8.41. The molecule has 0 saturated carbocycles. The standard InChI is InChI=1S/C15H32O5SSi/c1-5-18-22(19-6-2,20-7-3)14(4)13-16-10-11-17-15-9-8-12-21-15/h14-15H,5-13H2,1-4H3. The summed E-state index contributed by atoms with van der Waals surface area (Å²) in [5.74, 6) is 1.22. The molecule has 0 aromatic carbocycles. The normalized spacial score (nSPS) is 20.5. The predicted octanol–water partition coefficient (Wildman–Crippen LogP) is 3.31. The third kappa shape index (κ3) is 6.86. The van der Waals surface area contributed by atoms with E-state index in [1.165, 1.54) is 12.2 Å². The van der Waals surface area contributed by atoms with Crippen molar-refractivity contribution < 1.29 is 22.8 Å². The fraction of sp³-hybridized carbons (Fsp3) is 1.00. The summed E-state index contributed by atoms with van der Waals surface area (Å²) in [6.07, 6.45) is 2.43. The number of hydrogen-bond acceptors (Lipinski definition) is 6. The molecule has 1 heterocycles. The highest BCUT2D eigenvalue weighted by Crippen LogP contribution is 2.27. The van der Waals surface area contributed by atoms with Crippen molar-refractivity contribution in [1.82, 2.24) is 0 Å². The molecule has 0 bridgehead atoms. The molecule has 0 amide bonds. The maximum absolute atomic E-state index is 5.89. The topological polar surface area (TPSA) is 46.2 Å². The number of thioether (sulfide) groups is 1. The van der Waals surface area contributed by atoms with Crippen molar-refractivity contribution in [3.05, 3.63) is 0 Å². The van der Waals surface area contributed by atoms with E-state index in [1.807, 2.05) is 32.5 Å². The lowest BCUT2D eigenvalue weighted by molar-refractivity contribution is 0.0181. The quantitative estimate of drug-likeness (QED) is 0.374. The van der Waals surface area contributed by atoms with Gasteiger partial charge in [-0.05, 0) is 39.4 Å². The highest BCUT2D eigenvalue weighted by atomic mass is 32.2. The van der Waals surface area contributed by atoms with Gasteiger partial charge in [0.1, 0.15) is 5.44 Å². The van der Waals surface area contributed by atoms with Crippen LogP contribution >= 0.6 is 11.8 Å². The molecule has 1 aliphatic rings. The third-order valence-electron chi connectivity index (χ3n) is 3.43. The third-order valence-corrected chi connectivity index (χ3v) is 8.14. The van der Waals surface area contributed by atoms with E-state index in [0.29, 0.717) is 45.1 Å². The van der Waals surface area contributed by atoms with Crippen LogP contribution in [-0.4, -0.2) is 59.6 Å². The summed E-state index contributed by atoms with van der Waals surface area (Å²) in [6.45, 7) is 11.6. The first kappa shape index (κ1) is 20.4. The second kappa shape index (κ2) is 11.8. The molecule has 7 heteroatoms. The van der Waals surface area contributed by atoms with Gasteiger partial charge in [0.15, 0.2) is 0 Å². The van der Waals surface area contributed by atoms with Gasteiger partial charge in [-0.3, -0.25) is 0 Å². The molecule has 1 aliphatic heterocycles. The molecule has 1 saturated heterocycles. The van der Waals surface area contributed by atoms with Crippen molar-refractivity contribution in [2.45, 2.75) is 51.5 Å². The zero-order chi connectivity index (χ0) is 16.3. The summed E-state index contributed by atoms with van der Waals surface area (Å²) < 4.78 is 29.2. The minimum atomic E-state index is -2.65. The second-order valence-corrected chi connectivity index (χ2v) is 9.52. The minimum absolute atomic E-state index is 0.119. The van der Waals surface area contributed by atoms with Crippen molar-refractivity contribution in [3.63, 3.8) is 0 Å². The smallest absolute Gasteiger partial charge is 0.379 e. The Labute approximate surface area is 140 Å². The summed E-state index contributed by atoms with van der Waals surface area (Å²) >= 11 is 1.90. The number of ether oxygens (including phenoxy) is 2. The zero-order valence-electron chi connectivity index (χ0n) is 14.5. The van der Waals surface area contributed by atoms with Crippen LogP contribution in [0, 0.1) is 0 Å². The molecule has 22 heavy (non-hydrogen) atoms. The number of hydrogen-bond donors (Lipinski definition) is 0. The van der Waals surface area contributed by atoms with Crippen LogP contribution in [-0.2, 0) is 22.8 Å². The Hall–Kier alpha value is 0.367. The van der Waals surface area contributed by atoms with Crippen LogP contribution in [0.1, 0.15) is 40.5 Å². The average molecular weight is 353 g/mol. The van der Waals surface area contributed by atoms with Gasteiger partial charge >= 0.3 is 8.80 Å². The molecule has 0 aromatic heterocycles. The summed E-state index contributed by atoms with van der Waals surface area (Å²) in [4.78, 5) is 0. The molecule has 0 aromatic rings. The van der Waals surface area contributed by atoms with Crippen molar-refractivity contribution in [1.29, 1.82) is 0 Å². The Morgan fingerprint density at radius 2 is 1.68 bits per heavy atom. The Kier molecular flexibility index (Phi) is 11.0. The lowest BCUT2D eigenvalue weighted by Crippen LogP contribution is -2.51. The van der Waals surface area contributed by atoms with E-state index in [9.17, 15) is 0 Å². The van der Waals surface area contributed by atoms with Gasteiger partial charge in [0, 0.05) is 25.4 Å². The van der Waals surface area contributed by atoms with Crippen LogP contribution in [0.2, 0.25) is 5.54 Å². The molecule has 5 nitrogen and oxygen atoms in total. The van der Waals surface area contributed by atoms with Gasteiger partial charge in [0.2, 0.25) is 0 Å². The van der Waals surface area contributed by atoms with E-state index < -0.39 is 8.80 Å². The van der Waals surface area contributed by atoms with Crippen LogP contribution in [0.4, 0.5) is 0 Å². The molecular weight excluding hydrogens is 320 g/mol. The lowest BCUT2D eigenvalue weighted by Gasteiger charge is -2.33. The molecular formula is C15H32O5SSi. The average Bonchev–Trinajstić information content (AvgIpc) is 3.00.